The molecule has 4 rings (SSSR count). The number of hydrogen-bond donors (Lipinski definition) is 1. The molecule has 1 N–H and O–H groups in total. The highest BCUT2D eigenvalue weighted by atomic mass is 32.1. The van der Waals surface area contributed by atoms with Crippen LogP contribution in [-0.2, 0) is 4.74 Å². The minimum absolute atomic E-state index is 0.110. The largest absolute Gasteiger partial charge is 0.378 e. The van der Waals surface area contributed by atoms with E-state index in [9.17, 15) is 4.79 Å². The van der Waals surface area contributed by atoms with Crippen LogP contribution in [0, 0.1) is 13.8 Å². The number of anilines is 2. The number of carbonyl (C=O) groups excluding carboxylic acids is 1. The molecule has 0 radical (unpaired) electrons. The second kappa shape index (κ2) is 7.54. The number of aromatic nitrogens is 2. The van der Waals surface area contributed by atoms with E-state index < -0.39 is 0 Å². The molecule has 6 nitrogen and oxygen atoms in total. The van der Waals surface area contributed by atoms with Gasteiger partial charge in [-0.15, -0.1) is 11.3 Å². The van der Waals surface area contributed by atoms with Gasteiger partial charge in [-0.2, -0.15) is 0 Å². The van der Waals surface area contributed by atoms with Crippen molar-refractivity contribution in [1.82, 2.24) is 9.55 Å². The number of nitrogens with one attached hydrogen (secondary N) is 1. The topological polar surface area (TPSA) is 59.4 Å². The molecule has 27 heavy (non-hydrogen) atoms. The molecule has 0 spiro atoms. The number of nitrogens with zero attached hydrogens (tertiary/aromatic N) is 3. The third-order valence-electron chi connectivity index (χ3n) is 4.77. The molecule has 0 saturated carbocycles. The summed E-state index contributed by atoms with van der Waals surface area (Å²) in [4.78, 5) is 20.8. The van der Waals surface area contributed by atoms with Crippen LogP contribution in [0.1, 0.15) is 20.8 Å². The summed E-state index contributed by atoms with van der Waals surface area (Å²) in [7, 11) is 0. The maximum Gasteiger partial charge on any atom is 0.259 e. The number of hydrogen-bond acceptors (Lipinski definition) is 5. The smallest absolute Gasteiger partial charge is 0.259 e. The highest BCUT2D eigenvalue weighted by Crippen LogP contribution is 2.31. The van der Waals surface area contributed by atoms with Gasteiger partial charge in [0.15, 0.2) is 0 Å². The fourth-order valence-electron chi connectivity index (χ4n) is 3.16. The normalized spacial score (nSPS) is 14.4. The molecule has 0 unspecified atom stereocenters. The Hall–Kier alpha value is -2.64. The van der Waals surface area contributed by atoms with Crippen LogP contribution >= 0.6 is 11.3 Å². The Balaban J connectivity index is 1.54. The zero-order valence-electron chi connectivity index (χ0n) is 15.4. The van der Waals surface area contributed by atoms with Gasteiger partial charge < -0.3 is 19.5 Å². The van der Waals surface area contributed by atoms with E-state index in [1.807, 2.05) is 55.1 Å². The Morgan fingerprint density at radius 1 is 1.19 bits per heavy atom. The molecule has 140 valence electrons. The Bertz CT molecular complexity index is 926. The maximum atomic E-state index is 13.0. The van der Waals surface area contributed by atoms with Gasteiger partial charge in [-0.25, -0.2) is 4.98 Å². The fraction of sp³-hybridized carbons (Fsp3) is 0.300. The molecule has 1 amide bonds. The van der Waals surface area contributed by atoms with Crippen LogP contribution in [0.5, 0.6) is 0 Å². The molecule has 0 atom stereocenters. The van der Waals surface area contributed by atoms with Gasteiger partial charge >= 0.3 is 0 Å². The zero-order chi connectivity index (χ0) is 18.8. The summed E-state index contributed by atoms with van der Waals surface area (Å²) in [6, 6.07) is 7.76. The number of pyridine rings is 1. The summed E-state index contributed by atoms with van der Waals surface area (Å²) in [5.41, 5.74) is 2.42. The first kappa shape index (κ1) is 17.8. The first-order valence-electron chi connectivity index (χ1n) is 8.97. The van der Waals surface area contributed by atoms with E-state index in [1.54, 1.807) is 17.5 Å². The van der Waals surface area contributed by atoms with Crippen molar-refractivity contribution >= 4 is 28.7 Å². The van der Waals surface area contributed by atoms with Crippen LogP contribution < -0.4 is 10.2 Å². The van der Waals surface area contributed by atoms with E-state index in [0.29, 0.717) is 11.3 Å². The Morgan fingerprint density at radius 2 is 1.93 bits per heavy atom. The van der Waals surface area contributed by atoms with Gasteiger partial charge in [0.25, 0.3) is 5.91 Å². The van der Waals surface area contributed by atoms with Crippen LogP contribution in [0.25, 0.3) is 5.00 Å². The zero-order valence-corrected chi connectivity index (χ0v) is 16.3. The number of rotatable bonds is 4. The second-order valence-electron chi connectivity index (χ2n) is 6.51. The first-order valence-corrected chi connectivity index (χ1v) is 9.78. The van der Waals surface area contributed by atoms with E-state index in [4.69, 9.17) is 4.74 Å². The monoisotopic (exact) mass is 382 g/mol. The average Bonchev–Trinajstić information content (AvgIpc) is 3.32. The molecule has 3 aromatic rings. The lowest BCUT2D eigenvalue weighted by atomic mass is 10.1. The van der Waals surface area contributed by atoms with Gasteiger partial charge in [-0.1, -0.05) is 0 Å². The van der Waals surface area contributed by atoms with Crippen LogP contribution in [0.4, 0.5) is 11.5 Å². The van der Waals surface area contributed by atoms with Crippen molar-refractivity contribution in [3.63, 3.8) is 0 Å². The Morgan fingerprint density at radius 3 is 2.59 bits per heavy atom. The van der Waals surface area contributed by atoms with Crippen molar-refractivity contribution < 1.29 is 9.53 Å². The minimum atomic E-state index is -0.110. The van der Waals surface area contributed by atoms with Crippen molar-refractivity contribution in [3.05, 3.63) is 58.9 Å². The van der Waals surface area contributed by atoms with Crippen molar-refractivity contribution in [2.75, 3.05) is 36.5 Å². The number of morpholine rings is 1. The predicted molar refractivity (Wildman–Crippen MR) is 108 cm³/mol. The molecular weight excluding hydrogens is 360 g/mol. The van der Waals surface area contributed by atoms with E-state index in [-0.39, 0.29) is 5.91 Å². The number of thiophene rings is 1. The van der Waals surface area contributed by atoms with Crippen LogP contribution in [-0.4, -0.2) is 41.8 Å². The van der Waals surface area contributed by atoms with E-state index in [0.717, 1.165) is 47.6 Å². The molecule has 3 aromatic heterocycles. The summed E-state index contributed by atoms with van der Waals surface area (Å²) in [5.74, 6) is 0.799. The lowest BCUT2D eigenvalue weighted by molar-refractivity contribution is 0.102. The molecule has 7 heteroatoms. The lowest BCUT2D eigenvalue weighted by Gasteiger charge is -2.27. The number of aryl methyl sites for hydroxylation is 1. The summed E-state index contributed by atoms with van der Waals surface area (Å²) in [6.45, 7) is 7.16. The summed E-state index contributed by atoms with van der Waals surface area (Å²) in [5, 5.41) is 3.93. The summed E-state index contributed by atoms with van der Waals surface area (Å²) < 4.78 is 7.36. The molecule has 0 aromatic carbocycles. The van der Waals surface area contributed by atoms with E-state index in [1.165, 1.54) is 0 Å². The molecule has 1 aliphatic heterocycles. The molecule has 1 saturated heterocycles. The van der Waals surface area contributed by atoms with E-state index >= 15 is 0 Å². The third kappa shape index (κ3) is 3.61. The lowest BCUT2D eigenvalue weighted by Crippen LogP contribution is -2.36. The minimum Gasteiger partial charge on any atom is -0.378 e. The molecular formula is C20H22N4O2S. The van der Waals surface area contributed by atoms with Crippen LogP contribution in [0.2, 0.25) is 0 Å². The highest BCUT2D eigenvalue weighted by molar-refractivity contribution is 7.15. The van der Waals surface area contributed by atoms with Crippen LogP contribution in [0.15, 0.2) is 42.9 Å². The molecule has 0 aliphatic carbocycles. The number of carbonyl (C=O) groups is 1. The van der Waals surface area contributed by atoms with Crippen molar-refractivity contribution in [2.45, 2.75) is 13.8 Å². The van der Waals surface area contributed by atoms with Crippen molar-refractivity contribution in [2.24, 2.45) is 0 Å². The van der Waals surface area contributed by atoms with Crippen LogP contribution in [0.3, 0.4) is 0 Å². The first-order chi connectivity index (χ1) is 13.1. The highest BCUT2D eigenvalue weighted by Gasteiger charge is 2.21. The van der Waals surface area contributed by atoms with Gasteiger partial charge in [-0.05, 0) is 43.7 Å². The quantitative estimate of drug-likeness (QED) is 0.748. The van der Waals surface area contributed by atoms with Gasteiger partial charge in [0.2, 0.25) is 0 Å². The predicted octanol–water partition coefficient (Wildman–Crippen LogP) is 3.64. The van der Waals surface area contributed by atoms with Gasteiger partial charge in [0.1, 0.15) is 10.8 Å². The number of amides is 1. The molecule has 0 bridgehead atoms. The Labute approximate surface area is 162 Å². The Kier molecular flexibility index (Phi) is 4.96. The summed E-state index contributed by atoms with van der Waals surface area (Å²) in [6.07, 6.45) is 5.63. The van der Waals surface area contributed by atoms with Crippen molar-refractivity contribution in [3.8, 4) is 5.00 Å². The van der Waals surface area contributed by atoms with Gasteiger partial charge in [-0.3, -0.25) is 4.79 Å². The van der Waals surface area contributed by atoms with Crippen molar-refractivity contribution in [1.29, 1.82) is 0 Å². The second-order valence-corrected chi connectivity index (χ2v) is 7.72. The van der Waals surface area contributed by atoms with E-state index in [2.05, 4.69) is 15.2 Å². The fourth-order valence-corrected chi connectivity index (χ4v) is 4.28. The maximum absolute atomic E-state index is 13.0. The molecule has 4 heterocycles. The molecule has 1 fully saturated rings. The summed E-state index contributed by atoms with van der Waals surface area (Å²) >= 11 is 1.63. The standard InChI is InChI=1S/C20H22N4O2S/c1-14-15(2)27-20(24-7-3-4-8-24)18(14)19(25)22-16-5-6-17(21-13-16)23-9-11-26-12-10-23/h3-8,13H,9-12H2,1-2H3,(H,22,25). The van der Waals surface area contributed by atoms with Gasteiger partial charge in [0.05, 0.1) is 30.7 Å². The molecule has 1 aliphatic rings. The third-order valence-corrected chi connectivity index (χ3v) is 5.99. The number of ether oxygens (including phenoxy) is 1. The SMILES string of the molecule is Cc1sc(-n2cccc2)c(C(=O)Nc2ccc(N3CCOCC3)nc2)c1C. The average molecular weight is 382 g/mol. The van der Waals surface area contributed by atoms with Gasteiger partial charge in [0, 0.05) is 30.4 Å².